The van der Waals surface area contributed by atoms with Gasteiger partial charge in [0.25, 0.3) is 5.22 Å². The Morgan fingerprint density at radius 3 is 2.72 bits per heavy atom. The zero-order chi connectivity index (χ0) is 17.5. The summed E-state index contributed by atoms with van der Waals surface area (Å²) in [4.78, 5) is 18.5. The van der Waals surface area contributed by atoms with E-state index < -0.39 is 0 Å². The van der Waals surface area contributed by atoms with E-state index in [0.29, 0.717) is 17.5 Å². The Hall–Kier alpha value is -2.47. The molecule has 6 heteroatoms. The van der Waals surface area contributed by atoms with Gasteiger partial charge in [-0.1, -0.05) is 42.1 Å². The summed E-state index contributed by atoms with van der Waals surface area (Å²) in [6.45, 7) is 1.55. The first-order chi connectivity index (χ1) is 12.2. The van der Waals surface area contributed by atoms with Crippen LogP contribution in [0.5, 0.6) is 0 Å². The second-order valence-corrected chi connectivity index (χ2v) is 6.62. The van der Waals surface area contributed by atoms with Gasteiger partial charge in [0.2, 0.25) is 5.91 Å². The van der Waals surface area contributed by atoms with Crippen molar-refractivity contribution in [3.63, 3.8) is 0 Å². The third-order valence-corrected chi connectivity index (χ3v) is 4.62. The topological polar surface area (TPSA) is 58.4 Å². The Labute approximate surface area is 151 Å². The number of amides is 1. The van der Waals surface area contributed by atoms with Crippen molar-refractivity contribution in [1.29, 1.82) is 0 Å². The van der Waals surface area contributed by atoms with Crippen LogP contribution in [0.4, 0.5) is 5.69 Å². The molecule has 3 rings (SSSR count). The first kappa shape index (κ1) is 17.4. The first-order valence-corrected chi connectivity index (χ1v) is 9.22. The average Bonchev–Trinajstić information content (AvgIpc) is 3.07. The molecular weight excluding hydrogens is 334 g/mol. The summed E-state index contributed by atoms with van der Waals surface area (Å²) in [6, 6.07) is 17.8. The molecule has 0 radical (unpaired) electrons. The van der Waals surface area contributed by atoms with E-state index >= 15 is 0 Å². The van der Waals surface area contributed by atoms with Crippen LogP contribution in [0.1, 0.15) is 6.42 Å². The van der Waals surface area contributed by atoms with Crippen LogP contribution in [0.15, 0.2) is 64.2 Å². The zero-order valence-electron chi connectivity index (χ0n) is 14.1. The quantitative estimate of drug-likeness (QED) is 0.494. The molecule has 2 aromatic carbocycles. The molecule has 0 saturated carbocycles. The molecule has 0 aliphatic rings. The highest BCUT2D eigenvalue weighted by atomic mass is 32.2. The Bertz CT molecular complexity index is 787. The molecule has 1 N–H and O–H groups in total. The fourth-order valence-electron chi connectivity index (χ4n) is 2.45. The number of nitrogens with zero attached hydrogens (tertiary/aromatic N) is 2. The summed E-state index contributed by atoms with van der Waals surface area (Å²) in [6.07, 6.45) is 0.894. The van der Waals surface area contributed by atoms with E-state index in [2.05, 4.69) is 34.4 Å². The Morgan fingerprint density at radius 1 is 1.16 bits per heavy atom. The lowest BCUT2D eigenvalue weighted by Gasteiger charge is -2.19. The van der Waals surface area contributed by atoms with E-state index in [1.165, 1.54) is 17.4 Å². The third kappa shape index (κ3) is 5.00. The normalized spacial score (nSPS) is 10.8. The lowest BCUT2D eigenvalue weighted by atomic mass is 10.3. The van der Waals surface area contributed by atoms with Crippen molar-refractivity contribution in [1.82, 2.24) is 10.3 Å². The van der Waals surface area contributed by atoms with Crippen LogP contribution < -0.4 is 10.2 Å². The molecule has 0 spiro atoms. The van der Waals surface area contributed by atoms with Crippen LogP contribution in [0.2, 0.25) is 0 Å². The van der Waals surface area contributed by atoms with E-state index in [1.807, 2.05) is 42.5 Å². The van der Waals surface area contributed by atoms with Gasteiger partial charge in [0.15, 0.2) is 5.58 Å². The van der Waals surface area contributed by atoms with E-state index in [0.717, 1.165) is 24.1 Å². The molecule has 0 fully saturated rings. The van der Waals surface area contributed by atoms with Gasteiger partial charge in [0.05, 0.1) is 5.75 Å². The van der Waals surface area contributed by atoms with Crippen molar-refractivity contribution in [3.8, 4) is 0 Å². The molecule has 0 aliphatic heterocycles. The van der Waals surface area contributed by atoms with Crippen LogP contribution in [0, 0.1) is 0 Å². The van der Waals surface area contributed by atoms with E-state index in [4.69, 9.17) is 4.42 Å². The molecular formula is C19H21N3O2S. The molecule has 0 bridgehead atoms. The number of benzene rings is 2. The number of oxazole rings is 1. The lowest BCUT2D eigenvalue weighted by Crippen LogP contribution is -2.29. The number of hydrogen-bond acceptors (Lipinski definition) is 5. The molecule has 0 unspecified atom stereocenters. The SMILES string of the molecule is CN(CCCNC(=O)CSc1nc2ccccc2o1)c1ccccc1. The molecule has 0 atom stereocenters. The summed E-state index contributed by atoms with van der Waals surface area (Å²) in [5.41, 5.74) is 2.74. The fourth-order valence-corrected chi connectivity index (χ4v) is 3.11. The number of thioether (sulfide) groups is 1. The van der Waals surface area contributed by atoms with Gasteiger partial charge in [0, 0.05) is 25.8 Å². The highest BCUT2D eigenvalue weighted by Crippen LogP contribution is 2.22. The van der Waals surface area contributed by atoms with Crippen LogP contribution in [-0.4, -0.2) is 36.8 Å². The van der Waals surface area contributed by atoms with E-state index in [9.17, 15) is 4.79 Å². The Kier molecular flexibility index (Phi) is 5.95. The third-order valence-electron chi connectivity index (χ3n) is 3.79. The highest BCUT2D eigenvalue weighted by molar-refractivity contribution is 7.99. The summed E-state index contributed by atoms with van der Waals surface area (Å²) in [5.74, 6) is 0.302. The van der Waals surface area contributed by atoms with Crippen LogP contribution >= 0.6 is 11.8 Å². The number of anilines is 1. The number of para-hydroxylation sites is 3. The minimum Gasteiger partial charge on any atom is -0.431 e. The van der Waals surface area contributed by atoms with Crippen molar-refractivity contribution >= 4 is 34.5 Å². The predicted octanol–water partition coefficient (Wildman–Crippen LogP) is 3.56. The maximum absolute atomic E-state index is 11.9. The number of carbonyl (C=O) groups excluding carboxylic acids is 1. The van der Waals surface area contributed by atoms with E-state index in [-0.39, 0.29) is 5.91 Å². The summed E-state index contributed by atoms with van der Waals surface area (Å²) < 4.78 is 5.59. The zero-order valence-corrected chi connectivity index (χ0v) is 15.0. The smallest absolute Gasteiger partial charge is 0.257 e. The van der Waals surface area contributed by atoms with Crippen LogP contribution in [0.25, 0.3) is 11.1 Å². The standard InChI is InChI=1S/C19H21N3O2S/c1-22(15-8-3-2-4-9-15)13-7-12-20-18(23)14-25-19-21-16-10-5-6-11-17(16)24-19/h2-6,8-11H,7,12-14H2,1H3,(H,20,23). The maximum Gasteiger partial charge on any atom is 0.257 e. The van der Waals surface area contributed by atoms with Gasteiger partial charge >= 0.3 is 0 Å². The van der Waals surface area contributed by atoms with Crippen molar-refractivity contribution in [2.45, 2.75) is 11.6 Å². The van der Waals surface area contributed by atoms with Gasteiger partial charge in [-0.05, 0) is 30.7 Å². The fraction of sp³-hybridized carbons (Fsp3) is 0.263. The van der Waals surface area contributed by atoms with Crippen molar-refractivity contribution in [3.05, 3.63) is 54.6 Å². The van der Waals surface area contributed by atoms with Crippen molar-refractivity contribution < 1.29 is 9.21 Å². The van der Waals surface area contributed by atoms with Crippen molar-refractivity contribution in [2.24, 2.45) is 0 Å². The molecule has 0 saturated heterocycles. The Balaban J connectivity index is 1.35. The van der Waals surface area contributed by atoms with Gasteiger partial charge < -0.3 is 14.6 Å². The van der Waals surface area contributed by atoms with Gasteiger partial charge in [-0.2, -0.15) is 0 Å². The summed E-state index contributed by atoms with van der Waals surface area (Å²) >= 11 is 1.32. The molecule has 1 aromatic heterocycles. The number of rotatable bonds is 8. The second-order valence-electron chi connectivity index (χ2n) is 5.70. The monoisotopic (exact) mass is 355 g/mol. The van der Waals surface area contributed by atoms with Gasteiger partial charge in [0.1, 0.15) is 5.52 Å². The second kappa shape index (κ2) is 8.58. The summed E-state index contributed by atoms with van der Waals surface area (Å²) in [7, 11) is 2.06. The maximum atomic E-state index is 11.9. The lowest BCUT2D eigenvalue weighted by molar-refractivity contribution is -0.118. The molecule has 25 heavy (non-hydrogen) atoms. The molecule has 1 amide bonds. The first-order valence-electron chi connectivity index (χ1n) is 8.23. The largest absolute Gasteiger partial charge is 0.431 e. The minimum atomic E-state index is -0.00498. The summed E-state index contributed by atoms with van der Waals surface area (Å²) in [5, 5.41) is 3.47. The van der Waals surface area contributed by atoms with E-state index in [1.54, 1.807) is 0 Å². The Morgan fingerprint density at radius 2 is 1.92 bits per heavy atom. The minimum absolute atomic E-state index is 0.00498. The number of aromatic nitrogens is 1. The molecule has 1 heterocycles. The van der Waals surface area contributed by atoms with Crippen LogP contribution in [-0.2, 0) is 4.79 Å². The van der Waals surface area contributed by atoms with Gasteiger partial charge in [-0.25, -0.2) is 4.98 Å². The molecule has 130 valence electrons. The molecule has 5 nitrogen and oxygen atoms in total. The number of fused-ring (bicyclic) bond motifs is 1. The molecule has 0 aliphatic carbocycles. The number of hydrogen-bond donors (Lipinski definition) is 1. The number of carbonyl (C=O) groups is 1. The predicted molar refractivity (Wildman–Crippen MR) is 102 cm³/mol. The molecule has 3 aromatic rings. The number of nitrogens with one attached hydrogen (secondary N) is 1. The highest BCUT2D eigenvalue weighted by Gasteiger charge is 2.09. The van der Waals surface area contributed by atoms with Gasteiger partial charge in [-0.15, -0.1) is 0 Å². The average molecular weight is 355 g/mol. The van der Waals surface area contributed by atoms with Gasteiger partial charge in [-0.3, -0.25) is 4.79 Å². The van der Waals surface area contributed by atoms with Crippen LogP contribution in [0.3, 0.4) is 0 Å². The van der Waals surface area contributed by atoms with Crippen molar-refractivity contribution in [2.75, 3.05) is 30.8 Å².